The lowest BCUT2D eigenvalue weighted by atomic mass is 10.1. The first kappa shape index (κ1) is 16.8. The summed E-state index contributed by atoms with van der Waals surface area (Å²) in [4.78, 5) is 19.1. The van der Waals surface area contributed by atoms with Gasteiger partial charge in [-0.05, 0) is 26.0 Å². The van der Waals surface area contributed by atoms with Crippen LogP contribution in [0.2, 0.25) is 0 Å². The molecule has 0 atom stereocenters. The van der Waals surface area contributed by atoms with Gasteiger partial charge >= 0.3 is 0 Å². The topological polar surface area (TPSA) is 71.2 Å². The number of hydrogen-bond donors (Lipinski definition) is 1. The molecule has 6 nitrogen and oxygen atoms in total. The van der Waals surface area contributed by atoms with Gasteiger partial charge in [0.05, 0.1) is 23.6 Å². The van der Waals surface area contributed by atoms with Gasteiger partial charge in [0.25, 0.3) is 5.56 Å². The molecule has 0 unspecified atom stereocenters. The Balaban J connectivity index is 2.35. The van der Waals surface area contributed by atoms with Gasteiger partial charge in [0.2, 0.25) is 0 Å². The van der Waals surface area contributed by atoms with E-state index in [1.165, 1.54) is 16.0 Å². The van der Waals surface area contributed by atoms with Gasteiger partial charge in [0, 0.05) is 25.5 Å². The molecule has 0 bridgehead atoms. The van der Waals surface area contributed by atoms with Crippen molar-refractivity contribution in [1.29, 1.82) is 0 Å². The van der Waals surface area contributed by atoms with Crippen LogP contribution >= 0.6 is 11.3 Å². The predicted octanol–water partition coefficient (Wildman–Crippen LogP) is 1.33. The molecule has 0 aliphatic rings. The van der Waals surface area contributed by atoms with Crippen molar-refractivity contribution in [3.05, 3.63) is 32.7 Å². The maximum atomic E-state index is 12.4. The Labute approximate surface area is 134 Å². The van der Waals surface area contributed by atoms with E-state index in [9.17, 15) is 4.79 Å². The summed E-state index contributed by atoms with van der Waals surface area (Å²) in [6, 6.07) is 0. The first-order valence-electron chi connectivity index (χ1n) is 7.30. The molecule has 0 saturated carbocycles. The summed E-state index contributed by atoms with van der Waals surface area (Å²) in [7, 11) is 1.66. The number of aliphatic hydroxyl groups is 1. The fourth-order valence-corrected chi connectivity index (χ4v) is 3.22. The van der Waals surface area contributed by atoms with Crippen LogP contribution in [-0.2, 0) is 13.6 Å². The van der Waals surface area contributed by atoms with Gasteiger partial charge in [0.1, 0.15) is 5.01 Å². The minimum atomic E-state index is -0.119. The molecule has 0 radical (unpaired) electrons. The lowest BCUT2D eigenvalue weighted by molar-refractivity contribution is 0.195. The summed E-state index contributed by atoms with van der Waals surface area (Å²) in [6.45, 7) is 8.14. The molecule has 22 heavy (non-hydrogen) atoms. The summed E-state index contributed by atoms with van der Waals surface area (Å²) in [5.41, 5.74) is 3.16. The van der Waals surface area contributed by atoms with Crippen LogP contribution in [0.1, 0.15) is 23.9 Å². The van der Waals surface area contributed by atoms with E-state index in [1.54, 1.807) is 7.05 Å². The molecule has 0 aromatic carbocycles. The van der Waals surface area contributed by atoms with Crippen molar-refractivity contribution in [3.8, 4) is 10.6 Å². The van der Waals surface area contributed by atoms with E-state index in [4.69, 9.17) is 5.11 Å². The largest absolute Gasteiger partial charge is 0.395 e. The molecule has 7 heteroatoms. The number of hydrogen-bond acceptors (Lipinski definition) is 6. The third-order valence-corrected chi connectivity index (χ3v) is 4.65. The molecule has 2 rings (SSSR count). The van der Waals surface area contributed by atoms with Gasteiger partial charge in [-0.2, -0.15) is 5.10 Å². The second-order valence-electron chi connectivity index (χ2n) is 5.25. The quantitative estimate of drug-likeness (QED) is 0.869. The summed E-state index contributed by atoms with van der Waals surface area (Å²) in [5, 5.41) is 16.0. The van der Waals surface area contributed by atoms with Crippen LogP contribution < -0.4 is 5.56 Å². The van der Waals surface area contributed by atoms with Gasteiger partial charge < -0.3 is 5.11 Å². The number of rotatable bonds is 6. The van der Waals surface area contributed by atoms with Crippen LogP contribution in [0, 0.1) is 13.8 Å². The monoisotopic (exact) mass is 322 g/mol. The van der Waals surface area contributed by atoms with E-state index in [1.807, 2.05) is 19.2 Å². The molecule has 2 heterocycles. The predicted molar refractivity (Wildman–Crippen MR) is 88.1 cm³/mol. The summed E-state index contributed by atoms with van der Waals surface area (Å²) in [6.07, 6.45) is 0. The summed E-state index contributed by atoms with van der Waals surface area (Å²) in [5.74, 6) is 0. The zero-order chi connectivity index (χ0) is 16.3. The second kappa shape index (κ2) is 7.13. The Kier molecular flexibility index (Phi) is 5.44. The van der Waals surface area contributed by atoms with Crippen molar-refractivity contribution >= 4 is 11.3 Å². The lowest BCUT2D eigenvalue weighted by Gasteiger charge is -2.17. The zero-order valence-corrected chi connectivity index (χ0v) is 14.3. The van der Waals surface area contributed by atoms with Crippen molar-refractivity contribution < 1.29 is 5.11 Å². The van der Waals surface area contributed by atoms with Crippen molar-refractivity contribution in [2.45, 2.75) is 27.3 Å². The van der Waals surface area contributed by atoms with E-state index < -0.39 is 0 Å². The van der Waals surface area contributed by atoms with Gasteiger partial charge in [-0.3, -0.25) is 9.69 Å². The SMILES string of the molecule is CCN(CCO)Cc1csc(-c2c(C)c(C)nn(C)c2=O)n1. The average molecular weight is 322 g/mol. The number of nitrogens with zero attached hydrogens (tertiary/aromatic N) is 4. The van der Waals surface area contributed by atoms with E-state index >= 15 is 0 Å². The molecular weight excluding hydrogens is 300 g/mol. The van der Waals surface area contributed by atoms with Gasteiger partial charge in [0.15, 0.2) is 0 Å². The molecule has 0 aliphatic heterocycles. The first-order valence-corrected chi connectivity index (χ1v) is 8.18. The highest BCUT2D eigenvalue weighted by Crippen LogP contribution is 2.25. The average Bonchev–Trinajstić information content (AvgIpc) is 2.93. The third-order valence-electron chi connectivity index (χ3n) is 3.74. The standard InChI is InChI=1S/C15H22N4O2S/c1-5-19(6-7-20)8-12-9-22-14(16-12)13-10(2)11(3)17-18(4)15(13)21/h9,20H,5-8H2,1-4H3. The molecule has 1 N–H and O–H groups in total. The van der Waals surface area contributed by atoms with E-state index in [0.29, 0.717) is 18.7 Å². The molecular formula is C15H22N4O2S. The van der Waals surface area contributed by atoms with Crippen LogP contribution in [0.15, 0.2) is 10.2 Å². The lowest BCUT2D eigenvalue weighted by Crippen LogP contribution is -2.26. The number of thiazole rings is 1. The highest BCUT2D eigenvalue weighted by Gasteiger charge is 2.16. The minimum Gasteiger partial charge on any atom is -0.395 e. The molecule has 0 saturated heterocycles. The number of aromatic nitrogens is 3. The Morgan fingerprint density at radius 3 is 2.77 bits per heavy atom. The van der Waals surface area contributed by atoms with Gasteiger partial charge in [-0.1, -0.05) is 6.92 Å². The van der Waals surface area contributed by atoms with Gasteiger partial charge in [-0.15, -0.1) is 11.3 Å². The number of likely N-dealkylation sites (N-methyl/N-ethyl adjacent to an activating group) is 1. The molecule has 0 amide bonds. The summed E-state index contributed by atoms with van der Waals surface area (Å²) < 4.78 is 1.36. The van der Waals surface area contributed by atoms with Crippen LogP contribution in [-0.4, -0.2) is 44.5 Å². The minimum absolute atomic E-state index is 0.119. The Hall–Kier alpha value is -1.57. The maximum Gasteiger partial charge on any atom is 0.277 e. The highest BCUT2D eigenvalue weighted by molar-refractivity contribution is 7.13. The van der Waals surface area contributed by atoms with E-state index in [0.717, 1.165) is 28.5 Å². The molecule has 120 valence electrons. The highest BCUT2D eigenvalue weighted by atomic mass is 32.1. The smallest absolute Gasteiger partial charge is 0.277 e. The van der Waals surface area contributed by atoms with Crippen LogP contribution in [0.25, 0.3) is 10.6 Å². The first-order chi connectivity index (χ1) is 10.5. The van der Waals surface area contributed by atoms with Crippen LogP contribution in [0.3, 0.4) is 0 Å². The number of aliphatic hydroxyl groups excluding tert-OH is 1. The molecule has 2 aromatic heterocycles. The Morgan fingerprint density at radius 2 is 2.14 bits per heavy atom. The third kappa shape index (κ3) is 3.43. The van der Waals surface area contributed by atoms with Crippen molar-refractivity contribution in [2.75, 3.05) is 19.7 Å². The molecule has 0 spiro atoms. The summed E-state index contributed by atoms with van der Waals surface area (Å²) >= 11 is 1.48. The van der Waals surface area contributed by atoms with Gasteiger partial charge in [-0.25, -0.2) is 9.67 Å². The van der Waals surface area contributed by atoms with Crippen molar-refractivity contribution in [2.24, 2.45) is 7.05 Å². The number of aryl methyl sites for hydroxylation is 2. The molecule has 2 aromatic rings. The maximum absolute atomic E-state index is 12.4. The zero-order valence-electron chi connectivity index (χ0n) is 13.5. The second-order valence-corrected chi connectivity index (χ2v) is 6.11. The van der Waals surface area contributed by atoms with Crippen molar-refractivity contribution in [3.63, 3.8) is 0 Å². The fraction of sp³-hybridized carbons (Fsp3) is 0.533. The van der Waals surface area contributed by atoms with E-state index in [2.05, 4.69) is 21.9 Å². The molecule has 0 aliphatic carbocycles. The fourth-order valence-electron chi connectivity index (χ4n) is 2.31. The van der Waals surface area contributed by atoms with E-state index in [-0.39, 0.29) is 12.2 Å². The van der Waals surface area contributed by atoms with Crippen LogP contribution in [0.4, 0.5) is 0 Å². The molecule has 0 fully saturated rings. The Bertz CT molecular complexity index is 708. The van der Waals surface area contributed by atoms with Crippen LogP contribution in [0.5, 0.6) is 0 Å². The Morgan fingerprint density at radius 1 is 1.41 bits per heavy atom. The normalized spacial score (nSPS) is 11.4. The van der Waals surface area contributed by atoms with Crippen molar-refractivity contribution in [1.82, 2.24) is 19.7 Å².